The lowest BCUT2D eigenvalue weighted by Crippen LogP contribution is -2.12. The SMILES string of the molecule is COC(=O)c1cc(Br)cc(Br)c1NC(C)=O. The van der Waals surface area contributed by atoms with Gasteiger partial charge in [0, 0.05) is 15.9 Å². The molecule has 1 aromatic rings. The van der Waals surface area contributed by atoms with Crippen LogP contribution in [0.5, 0.6) is 0 Å². The summed E-state index contributed by atoms with van der Waals surface area (Å²) in [7, 11) is 1.29. The number of hydrogen-bond donors (Lipinski definition) is 1. The molecule has 0 atom stereocenters. The van der Waals surface area contributed by atoms with Gasteiger partial charge in [-0.3, -0.25) is 4.79 Å². The molecule has 1 N–H and O–H groups in total. The molecule has 86 valence electrons. The number of nitrogens with one attached hydrogen (secondary N) is 1. The molecule has 1 aromatic carbocycles. The highest BCUT2D eigenvalue weighted by molar-refractivity contribution is 9.11. The molecule has 0 unspecified atom stereocenters. The molecule has 0 aliphatic carbocycles. The Morgan fingerprint density at radius 1 is 1.31 bits per heavy atom. The summed E-state index contributed by atoms with van der Waals surface area (Å²) in [6.07, 6.45) is 0. The average Bonchev–Trinajstić information content (AvgIpc) is 2.20. The summed E-state index contributed by atoms with van der Waals surface area (Å²) in [6.45, 7) is 1.37. The fraction of sp³-hybridized carbons (Fsp3) is 0.200. The van der Waals surface area contributed by atoms with Crippen molar-refractivity contribution in [2.45, 2.75) is 6.92 Å². The molecule has 0 bridgehead atoms. The summed E-state index contributed by atoms with van der Waals surface area (Å²) in [6, 6.07) is 3.32. The monoisotopic (exact) mass is 349 g/mol. The second-order valence-electron chi connectivity index (χ2n) is 2.98. The maximum absolute atomic E-state index is 11.5. The van der Waals surface area contributed by atoms with Crippen LogP contribution in [0.4, 0.5) is 5.69 Å². The van der Waals surface area contributed by atoms with Crippen molar-refractivity contribution >= 4 is 49.4 Å². The van der Waals surface area contributed by atoms with Gasteiger partial charge in [0.25, 0.3) is 0 Å². The molecule has 0 saturated carbocycles. The van der Waals surface area contributed by atoms with E-state index in [0.717, 1.165) is 0 Å². The minimum absolute atomic E-state index is 0.256. The van der Waals surface area contributed by atoms with Crippen LogP contribution in [0.15, 0.2) is 21.1 Å². The van der Waals surface area contributed by atoms with E-state index in [9.17, 15) is 9.59 Å². The zero-order valence-electron chi connectivity index (χ0n) is 8.64. The number of rotatable bonds is 2. The number of ether oxygens (including phenoxy) is 1. The molecule has 1 amide bonds. The van der Waals surface area contributed by atoms with Crippen LogP contribution in [0, 0.1) is 0 Å². The summed E-state index contributed by atoms with van der Waals surface area (Å²) in [4.78, 5) is 22.5. The van der Waals surface area contributed by atoms with Crippen LogP contribution in [-0.2, 0) is 9.53 Å². The molecule has 0 aromatic heterocycles. The van der Waals surface area contributed by atoms with Crippen LogP contribution in [-0.4, -0.2) is 19.0 Å². The average molecular weight is 351 g/mol. The predicted octanol–water partition coefficient (Wildman–Crippen LogP) is 2.96. The second-order valence-corrected chi connectivity index (χ2v) is 4.75. The molecule has 0 radical (unpaired) electrons. The lowest BCUT2D eigenvalue weighted by atomic mass is 10.2. The van der Waals surface area contributed by atoms with Crippen LogP contribution < -0.4 is 5.32 Å². The normalized spacial score (nSPS) is 9.75. The maximum Gasteiger partial charge on any atom is 0.340 e. The Balaban J connectivity index is 3.31. The van der Waals surface area contributed by atoms with Gasteiger partial charge in [0.1, 0.15) is 0 Å². The summed E-state index contributed by atoms with van der Waals surface area (Å²) in [5.41, 5.74) is 0.696. The molecule has 0 aliphatic rings. The minimum Gasteiger partial charge on any atom is -0.465 e. The molecular weight excluding hydrogens is 342 g/mol. The van der Waals surface area contributed by atoms with E-state index in [-0.39, 0.29) is 5.91 Å². The van der Waals surface area contributed by atoms with Crippen LogP contribution in [0.25, 0.3) is 0 Å². The van der Waals surface area contributed by atoms with Gasteiger partial charge >= 0.3 is 5.97 Å². The predicted molar refractivity (Wildman–Crippen MR) is 67.5 cm³/mol. The first kappa shape index (κ1) is 13.2. The third kappa shape index (κ3) is 3.05. The highest BCUT2D eigenvalue weighted by Crippen LogP contribution is 2.31. The van der Waals surface area contributed by atoms with E-state index in [2.05, 4.69) is 41.9 Å². The van der Waals surface area contributed by atoms with Gasteiger partial charge in [0.15, 0.2) is 0 Å². The Hall–Kier alpha value is -0.880. The first-order chi connectivity index (χ1) is 7.45. The van der Waals surface area contributed by atoms with Gasteiger partial charge in [-0.15, -0.1) is 0 Å². The van der Waals surface area contributed by atoms with Crippen molar-refractivity contribution in [2.24, 2.45) is 0 Å². The van der Waals surface area contributed by atoms with E-state index in [1.54, 1.807) is 12.1 Å². The minimum atomic E-state index is -0.509. The van der Waals surface area contributed by atoms with Crippen molar-refractivity contribution in [3.63, 3.8) is 0 Å². The molecule has 0 aliphatic heterocycles. The summed E-state index contributed by atoms with van der Waals surface area (Å²) in [5, 5.41) is 2.58. The van der Waals surface area contributed by atoms with Crippen molar-refractivity contribution < 1.29 is 14.3 Å². The number of carbonyl (C=O) groups excluding carboxylic acids is 2. The number of benzene rings is 1. The van der Waals surface area contributed by atoms with Crippen molar-refractivity contribution in [1.82, 2.24) is 0 Å². The lowest BCUT2D eigenvalue weighted by molar-refractivity contribution is -0.114. The summed E-state index contributed by atoms with van der Waals surface area (Å²) < 4.78 is 5.96. The number of carbonyl (C=O) groups is 2. The smallest absolute Gasteiger partial charge is 0.340 e. The Morgan fingerprint density at radius 3 is 2.44 bits per heavy atom. The first-order valence-corrected chi connectivity index (χ1v) is 5.89. The number of halogens is 2. The standard InChI is InChI=1S/C10H9Br2NO3/c1-5(14)13-9-7(10(15)16-2)3-6(11)4-8(9)12/h3-4H,1-2H3,(H,13,14). The zero-order chi connectivity index (χ0) is 12.3. The first-order valence-electron chi connectivity index (χ1n) is 4.30. The Labute approximate surface area is 110 Å². The maximum atomic E-state index is 11.5. The van der Waals surface area contributed by atoms with E-state index in [0.29, 0.717) is 20.2 Å². The summed E-state index contributed by atoms with van der Waals surface area (Å²) >= 11 is 6.53. The highest BCUT2D eigenvalue weighted by Gasteiger charge is 2.16. The quantitative estimate of drug-likeness (QED) is 0.834. The molecule has 16 heavy (non-hydrogen) atoms. The van der Waals surface area contributed by atoms with Gasteiger partial charge in [-0.05, 0) is 28.1 Å². The number of methoxy groups -OCH3 is 1. The van der Waals surface area contributed by atoms with Gasteiger partial charge in [-0.1, -0.05) is 15.9 Å². The van der Waals surface area contributed by atoms with E-state index >= 15 is 0 Å². The molecule has 0 saturated heterocycles. The second kappa shape index (κ2) is 5.45. The topological polar surface area (TPSA) is 55.4 Å². The molecule has 0 spiro atoms. The number of anilines is 1. The van der Waals surface area contributed by atoms with Gasteiger partial charge < -0.3 is 10.1 Å². The number of esters is 1. The molecule has 1 rings (SSSR count). The summed E-state index contributed by atoms with van der Waals surface area (Å²) in [5.74, 6) is -0.765. The van der Waals surface area contributed by atoms with E-state index < -0.39 is 5.97 Å². The Bertz CT molecular complexity index is 446. The fourth-order valence-electron chi connectivity index (χ4n) is 1.15. The van der Waals surface area contributed by atoms with E-state index in [4.69, 9.17) is 0 Å². The molecule has 4 nitrogen and oxygen atoms in total. The molecule has 0 heterocycles. The zero-order valence-corrected chi connectivity index (χ0v) is 11.8. The Kier molecular flexibility index (Phi) is 4.49. The molecular formula is C10H9Br2NO3. The largest absolute Gasteiger partial charge is 0.465 e. The van der Waals surface area contributed by atoms with Gasteiger partial charge in [0.2, 0.25) is 5.91 Å². The molecule has 6 heteroatoms. The van der Waals surface area contributed by atoms with Gasteiger partial charge in [-0.25, -0.2) is 4.79 Å². The van der Waals surface area contributed by atoms with Crippen LogP contribution in [0.1, 0.15) is 17.3 Å². The molecule has 0 fully saturated rings. The lowest BCUT2D eigenvalue weighted by Gasteiger charge is -2.11. The van der Waals surface area contributed by atoms with Crippen LogP contribution in [0.3, 0.4) is 0 Å². The van der Waals surface area contributed by atoms with E-state index in [1.807, 2.05) is 0 Å². The third-order valence-corrected chi connectivity index (χ3v) is 2.84. The van der Waals surface area contributed by atoms with Crippen molar-refractivity contribution in [3.05, 3.63) is 26.6 Å². The number of hydrogen-bond acceptors (Lipinski definition) is 3. The van der Waals surface area contributed by atoms with Crippen molar-refractivity contribution in [2.75, 3.05) is 12.4 Å². The van der Waals surface area contributed by atoms with E-state index in [1.165, 1.54) is 14.0 Å². The van der Waals surface area contributed by atoms with Crippen LogP contribution in [0.2, 0.25) is 0 Å². The number of amides is 1. The van der Waals surface area contributed by atoms with Gasteiger partial charge in [-0.2, -0.15) is 0 Å². The third-order valence-electron chi connectivity index (χ3n) is 1.76. The van der Waals surface area contributed by atoms with Crippen molar-refractivity contribution in [1.29, 1.82) is 0 Å². The fourth-order valence-corrected chi connectivity index (χ4v) is 2.47. The van der Waals surface area contributed by atoms with Gasteiger partial charge in [0.05, 0.1) is 18.4 Å². The van der Waals surface area contributed by atoms with Crippen molar-refractivity contribution in [3.8, 4) is 0 Å². The Morgan fingerprint density at radius 2 is 1.94 bits per heavy atom. The van der Waals surface area contributed by atoms with Crippen LogP contribution >= 0.6 is 31.9 Å². The highest BCUT2D eigenvalue weighted by atomic mass is 79.9.